The minimum atomic E-state index is -3.91. The summed E-state index contributed by atoms with van der Waals surface area (Å²) in [6.07, 6.45) is 4.71. The smallest absolute Gasteiger partial charge is 0.259 e. The molecule has 8 rings (SSSR count). The van der Waals surface area contributed by atoms with Gasteiger partial charge in [-0.05, 0) is 56.2 Å². The largest absolute Gasteiger partial charge is 0.497 e. The van der Waals surface area contributed by atoms with Crippen molar-refractivity contribution in [3.63, 3.8) is 0 Å². The van der Waals surface area contributed by atoms with E-state index in [1.54, 1.807) is 12.0 Å². The Kier molecular flexibility index (Phi) is 11.2. The lowest BCUT2D eigenvalue weighted by Crippen LogP contribution is -2.57. The van der Waals surface area contributed by atoms with Gasteiger partial charge in [0.05, 0.1) is 36.0 Å². The molecule has 4 fully saturated rings. The summed E-state index contributed by atoms with van der Waals surface area (Å²) in [7, 11) is -2.33. The van der Waals surface area contributed by atoms with Gasteiger partial charge in [0.1, 0.15) is 29.2 Å². The third-order valence-corrected chi connectivity index (χ3v) is 13.8. The molecule has 1 aromatic heterocycles. The number of carbonyl (C=O) groups is 4. The highest BCUT2D eigenvalue weighted by Crippen LogP contribution is 2.46. The molecular weight excluding hydrogens is 771 g/mol. The molecule has 2 aliphatic heterocycles. The molecule has 59 heavy (non-hydrogen) atoms. The molecule has 2 saturated heterocycles. The van der Waals surface area contributed by atoms with Crippen molar-refractivity contribution in [2.45, 2.75) is 80.2 Å². The summed E-state index contributed by atoms with van der Waals surface area (Å²) < 4.78 is 40.2. The van der Waals surface area contributed by atoms with Gasteiger partial charge in [0, 0.05) is 54.9 Å². The van der Waals surface area contributed by atoms with Crippen LogP contribution in [0.1, 0.15) is 62.8 Å². The molecule has 13 nitrogen and oxygen atoms in total. The number of carbonyl (C=O) groups excluding carboxylic acids is 4. The monoisotopic (exact) mass is 819 g/mol. The fourth-order valence-corrected chi connectivity index (χ4v) is 9.78. The molecule has 0 spiro atoms. The number of methoxy groups -OCH3 is 1. The van der Waals surface area contributed by atoms with Gasteiger partial charge in [0.15, 0.2) is 0 Å². The lowest BCUT2D eigenvalue weighted by molar-refractivity contribution is -0.143. The van der Waals surface area contributed by atoms with Gasteiger partial charge in [-0.3, -0.25) is 23.9 Å². The quantitative estimate of drug-likeness (QED) is 0.165. The molecule has 0 bridgehead atoms. The highest BCUT2D eigenvalue weighted by Gasteiger charge is 2.62. The molecule has 4 aromatic rings. The van der Waals surface area contributed by atoms with E-state index in [9.17, 15) is 22.8 Å². The minimum Gasteiger partial charge on any atom is -0.497 e. The lowest BCUT2D eigenvalue weighted by atomic mass is 9.92. The molecular formula is C45H49N5O8S. The Morgan fingerprint density at radius 2 is 1.68 bits per heavy atom. The fraction of sp³-hybridized carbons (Fsp3) is 0.400. The molecule has 308 valence electrons. The van der Waals surface area contributed by atoms with Crippen molar-refractivity contribution in [3.05, 3.63) is 103 Å². The average Bonchev–Trinajstić information content (AvgIpc) is 4.20. The van der Waals surface area contributed by atoms with Crippen LogP contribution in [0.4, 0.5) is 0 Å². The third-order valence-electron chi connectivity index (χ3n) is 12.0. The van der Waals surface area contributed by atoms with Crippen molar-refractivity contribution in [2.24, 2.45) is 5.92 Å². The van der Waals surface area contributed by atoms with Crippen molar-refractivity contribution in [1.29, 1.82) is 0 Å². The minimum absolute atomic E-state index is 0.00105. The highest BCUT2D eigenvalue weighted by atomic mass is 32.2. The molecule has 0 unspecified atom stereocenters. The molecule has 2 aliphatic carbocycles. The van der Waals surface area contributed by atoms with Gasteiger partial charge < -0.3 is 24.6 Å². The van der Waals surface area contributed by atoms with Crippen molar-refractivity contribution < 1.29 is 37.1 Å². The molecule has 4 aliphatic rings. The Labute approximate surface area is 344 Å². The molecule has 3 aromatic carbocycles. The zero-order valence-electron chi connectivity index (χ0n) is 33.0. The number of amides is 4. The highest BCUT2D eigenvalue weighted by molar-refractivity contribution is 7.91. The van der Waals surface area contributed by atoms with Crippen LogP contribution < -0.4 is 19.5 Å². The molecule has 3 heterocycles. The fourth-order valence-electron chi connectivity index (χ4n) is 8.41. The van der Waals surface area contributed by atoms with E-state index in [1.165, 1.54) is 11.0 Å². The summed E-state index contributed by atoms with van der Waals surface area (Å²) in [5.41, 5.74) is 1.23. The summed E-state index contributed by atoms with van der Waals surface area (Å²) in [6, 6.07) is 24.9. The molecule has 0 radical (unpaired) electrons. The van der Waals surface area contributed by atoms with Gasteiger partial charge in [-0.2, -0.15) is 0 Å². The second-order valence-corrected chi connectivity index (χ2v) is 18.0. The van der Waals surface area contributed by atoms with E-state index in [-0.39, 0.29) is 31.7 Å². The maximum Gasteiger partial charge on any atom is 0.259 e. The van der Waals surface area contributed by atoms with Crippen LogP contribution >= 0.6 is 0 Å². The van der Waals surface area contributed by atoms with Crippen LogP contribution in [0.5, 0.6) is 11.5 Å². The number of pyridine rings is 1. The Balaban J connectivity index is 1.13. The van der Waals surface area contributed by atoms with Gasteiger partial charge in [0.2, 0.25) is 27.7 Å². The molecule has 2 N–H and O–H groups in total. The van der Waals surface area contributed by atoms with Crippen LogP contribution in [0.25, 0.3) is 22.2 Å². The van der Waals surface area contributed by atoms with Crippen molar-refractivity contribution in [1.82, 2.24) is 24.8 Å². The third kappa shape index (κ3) is 8.41. The Morgan fingerprint density at radius 3 is 2.34 bits per heavy atom. The Morgan fingerprint density at radius 1 is 0.966 bits per heavy atom. The van der Waals surface area contributed by atoms with Gasteiger partial charge in [-0.25, -0.2) is 13.4 Å². The number of nitrogens with one attached hydrogen (secondary N) is 2. The number of ether oxygens (including phenoxy) is 2. The second-order valence-electron chi connectivity index (χ2n) is 16.0. The number of aromatic nitrogens is 1. The normalized spacial score (nSPS) is 23.2. The van der Waals surface area contributed by atoms with Gasteiger partial charge >= 0.3 is 0 Å². The van der Waals surface area contributed by atoms with Crippen molar-refractivity contribution in [3.8, 4) is 22.8 Å². The lowest BCUT2D eigenvalue weighted by Gasteiger charge is -2.31. The van der Waals surface area contributed by atoms with Crippen LogP contribution in [-0.2, 0) is 29.2 Å². The number of nitrogens with zero attached hydrogens (tertiary/aromatic N) is 3. The summed E-state index contributed by atoms with van der Waals surface area (Å²) >= 11 is 0. The molecule has 5 atom stereocenters. The Hall–Kier alpha value is -5.76. The van der Waals surface area contributed by atoms with E-state index < -0.39 is 62.5 Å². The number of hydrogen-bond acceptors (Lipinski definition) is 9. The van der Waals surface area contributed by atoms with Gasteiger partial charge in [-0.15, -0.1) is 6.58 Å². The first-order valence-electron chi connectivity index (χ1n) is 20.3. The van der Waals surface area contributed by atoms with E-state index in [1.807, 2.05) is 84.9 Å². The van der Waals surface area contributed by atoms with Crippen molar-refractivity contribution >= 4 is 44.6 Å². The first-order chi connectivity index (χ1) is 28.5. The van der Waals surface area contributed by atoms with E-state index in [0.29, 0.717) is 59.6 Å². The number of fused-ring (bicyclic) bond motifs is 1. The van der Waals surface area contributed by atoms with E-state index in [2.05, 4.69) is 16.6 Å². The summed E-state index contributed by atoms with van der Waals surface area (Å²) in [5, 5.41) is 2.93. The number of rotatable bonds is 14. The van der Waals surface area contributed by atoms with E-state index in [4.69, 9.17) is 14.5 Å². The predicted molar refractivity (Wildman–Crippen MR) is 222 cm³/mol. The SMILES string of the molecule is C=C[C@H]1C[C@]1(NC(=O)[C@@H]1C[C@@H](Oc2cc(-c3ccccc3)nc3cc(OC)ccc23)CN1C(=O)[C@@H](CC(=O)N1CCCCC1)c1ccccc1)C(=O)NS(=O)(=O)C1CC1. The zero-order valence-corrected chi connectivity index (χ0v) is 33.9. The predicted octanol–water partition coefficient (Wildman–Crippen LogP) is 5.11. The first-order valence-corrected chi connectivity index (χ1v) is 21.9. The van der Waals surface area contributed by atoms with Gasteiger partial charge in [0.25, 0.3) is 5.91 Å². The van der Waals surface area contributed by atoms with Crippen LogP contribution in [0.15, 0.2) is 97.6 Å². The molecule has 14 heteroatoms. The average molecular weight is 820 g/mol. The number of benzene rings is 3. The number of piperidine rings is 1. The topological polar surface area (TPSA) is 164 Å². The number of likely N-dealkylation sites (tertiary alicyclic amines) is 2. The van der Waals surface area contributed by atoms with E-state index in [0.717, 1.165) is 24.8 Å². The zero-order chi connectivity index (χ0) is 41.3. The Bertz CT molecular complexity index is 2370. The number of sulfonamides is 1. The van der Waals surface area contributed by atoms with Crippen molar-refractivity contribution in [2.75, 3.05) is 26.7 Å². The van der Waals surface area contributed by atoms with E-state index >= 15 is 4.79 Å². The standard InChI is InChI=1S/C45H49N5O8S/c1-3-31-27-45(31,44(54)48-59(55,56)34-18-19-34)47-42(52)39-24-33(58-40-26-37(30-15-9-5-10-16-30)46-38-23-32(57-2)17-20-35(38)40)28-50(39)43(53)36(29-13-7-4-8-14-29)25-41(51)49-21-11-6-12-22-49/h3-5,7-10,13-17,20,23,26,31,33-34,36,39H,1,6,11-12,18-19,21-22,24-25,27-28H2,2H3,(H,47,52)(H,48,54)/t31-,33+,36-,39-,45+/m0/s1. The van der Waals surface area contributed by atoms with Crippen LogP contribution in [0.3, 0.4) is 0 Å². The van der Waals surface area contributed by atoms with Crippen LogP contribution in [-0.4, -0.2) is 96.5 Å². The molecule has 2 saturated carbocycles. The van der Waals surface area contributed by atoms with Gasteiger partial charge in [-0.1, -0.05) is 66.7 Å². The molecule has 4 amide bonds. The second kappa shape index (κ2) is 16.5. The maximum absolute atomic E-state index is 15.0. The first kappa shape index (κ1) is 40.0. The summed E-state index contributed by atoms with van der Waals surface area (Å²) in [6.45, 7) is 5.08. The van der Waals surface area contributed by atoms with Crippen LogP contribution in [0.2, 0.25) is 0 Å². The summed E-state index contributed by atoms with van der Waals surface area (Å²) in [5.74, 6) is -2.33. The number of hydrogen-bond donors (Lipinski definition) is 2. The maximum atomic E-state index is 15.0. The van der Waals surface area contributed by atoms with Crippen LogP contribution in [0, 0.1) is 5.92 Å². The summed E-state index contributed by atoms with van der Waals surface area (Å²) in [4.78, 5) is 65.3.